The van der Waals surface area contributed by atoms with Gasteiger partial charge in [0.25, 0.3) is 5.69 Å². The first-order valence-corrected chi connectivity index (χ1v) is 7.32. The van der Waals surface area contributed by atoms with Crippen molar-refractivity contribution in [3.63, 3.8) is 0 Å². The highest BCUT2D eigenvalue weighted by atomic mass is 19.4. The topological polar surface area (TPSA) is 101 Å². The average Bonchev–Trinajstić information content (AvgIpc) is 2.94. The third-order valence-electron chi connectivity index (χ3n) is 4.37. The van der Waals surface area contributed by atoms with Crippen LogP contribution in [0.25, 0.3) is 0 Å². The zero-order valence-electron chi connectivity index (χ0n) is 13.1. The van der Waals surface area contributed by atoms with Crippen molar-refractivity contribution >= 4 is 17.6 Å². The molecule has 7 nitrogen and oxygen atoms in total. The molecule has 1 amide bonds. The van der Waals surface area contributed by atoms with Gasteiger partial charge in [0.05, 0.1) is 23.2 Å². The van der Waals surface area contributed by atoms with Crippen LogP contribution in [0.2, 0.25) is 0 Å². The molecule has 1 saturated heterocycles. The van der Waals surface area contributed by atoms with Crippen LogP contribution in [0.15, 0.2) is 18.2 Å². The van der Waals surface area contributed by atoms with E-state index in [1.807, 2.05) is 0 Å². The van der Waals surface area contributed by atoms with E-state index in [4.69, 9.17) is 5.11 Å². The number of benzene rings is 1. The summed E-state index contributed by atoms with van der Waals surface area (Å²) < 4.78 is 38.9. The predicted octanol–water partition coefficient (Wildman–Crippen LogP) is 2.17. The number of hydrogen-bond acceptors (Lipinski definition) is 4. The number of halogens is 3. The first-order chi connectivity index (χ1) is 11.5. The summed E-state index contributed by atoms with van der Waals surface area (Å²) in [5.74, 6) is -6.14. The quantitative estimate of drug-likeness (QED) is 0.655. The van der Waals surface area contributed by atoms with Crippen LogP contribution >= 0.6 is 0 Å². The number of nitro benzene ring substituents is 1. The van der Waals surface area contributed by atoms with Crippen molar-refractivity contribution in [3.8, 4) is 0 Å². The van der Waals surface area contributed by atoms with Gasteiger partial charge in [-0.15, -0.1) is 0 Å². The van der Waals surface area contributed by atoms with Crippen LogP contribution in [0.3, 0.4) is 0 Å². The Morgan fingerprint density at radius 1 is 1.36 bits per heavy atom. The molecule has 2 atom stereocenters. The van der Waals surface area contributed by atoms with Crippen LogP contribution in [0.5, 0.6) is 0 Å². The standard InChI is InChI=1S/C15H15F3N2O5/c1-8-9(3-2-4-12(8)20(24)25)5-13(21)19-6-10(14(22)23)11(7-19)15(16,17)18/h2-4,10-11H,5-7H2,1H3,(H,22,23)/t10-,11-/m1/s1. The lowest BCUT2D eigenvalue weighted by atomic mass is 9.96. The highest BCUT2D eigenvalue weighted by molar-refractivity contribution is 5.81. The molecule has 1 aromatic rings. The minimum absolute atomic E-state index is 0.191. The Labute approximate surface area is 140 Å². The molecular weight excluding hydrogens is 345 g/mol. The Balaban J connectivity index is 2.19. The van der Waals surface area contributed by atoms with E-state index in [1.54, 1.807) is 0 Å². The molecule has 1 heterocycles. The first kappa shape index (κ1) is 18.7. The fraction of sp³-hybridized carbons (Fsp3) is 0.467. The minimum atomic E-state index is -4.72. The number of carboxylic acid groups (broad SMARTS) is 1. The van der Waals surface area contributed by atoms with Crippen molar-refractivity contribution in [1.29, 1.82) is 0 Å². The van der Waals surface area contributed by atoms with Crippen LogP contribution < -0.4 is 0 Å². The summed E-state index contributed by atoms with van der Waals surface area (Å²) in [6.07, 6.45) is -5.05. The van der Waals surface area contributed by atoms with Gasteiger partial charge in [-0.3, -0.25) is 19.7 Å². The van der Waals surface area contributed by atoms with Gasteiger partial charge in [-0.2, -0.15) is 13.2 Å². The van der Waals surface area contributed by atoms with Crippen LogP contribution in [-0.4, -0.2) is 46.1 Å². The zero-order chi connectivity index (χ0) is 18.9. The molecule has 1 aliphatic heterocycles. The summed E-state index contributed by atoms with van der Waals surface area (Å²) in [6.45, 7) is 0.183. The maximum absolute atomic E-state index is 13.0. The fourth-order valence-electron chi connectivity index (χ4n) is 2.92. The Morgan fingerprint density at radius 3 is 2.48 bits per heavy atom. The third kappa shape index (κ3) is 3.89. The molecule has 0 radical (unpaired) electrons. The average molecular weight is 360 g/mol. The molecule has 1 fully saturated rings. The highest BCUT2D eigenvalue weighted by Gasteiger charge is 2.53. The Kier molecular flexibility index (Phi) is 5.00. The number of hydrogen-bond donors (Lipinski definition) is 1. The van der Waals surface area contributed by atoms with Crippen molar-refractivity contribution in [2.24, 2.45) is 11.8 Å². The molecular formula is C15H15F3N2O5. The van der Waals surface area contributed by atoms with Gasteiger partial charge in [0.2, 0.25) is 5.91 Å². The van der Waals surface area contributed by atoms with Gasteiger partial charge in [0.1, 0.15) is 0 Å². The Hall–Kier alpha value is -2.65. The molecule has 0 bridgehead atoms. The van der Waals surface area contributed by atoms with Gasteiger partial charge in [0, 0.05) is 24.7 Å². The van der Waals surface area contributed by atoms with Crippen molar-refractivity contribution in [2.75, 3.05) is 13.1 Å². The second-order valence-corrected chi connectivity index (χ2v) is 5.89. The van der Waals surface area contributed by atoms with Gasteiger partial charge in [-0.05, 0) is 12.5 Å². The van der Waals surface area contributed by atoms with E-state index in [9.17, 15) is 32.9 Å². The van der Waals surface area contributed by atoms with Crippen molar-refractivity contribution in [2.45, 2.75) is 19.5 Å². The monoisotopic (exact) mass is 360 g/mol. The lowest BCUT2D eigenvalue weighted by Crippen LogP contribution is -2.34. The molecule has 1 aliphatic rings. The molecule has 1 N–H and O–H groups in total. The predicted molar refractivity (Wildman–Crippen MR) is 78.8 cm³/mol. The number of carbonyl (C=O) groups excluding carboxylic acids is 1. The van der Waals surface area contributed by atoms with Crippen LogP contribution in [0, 0.1) is 28.9 Å². The molecule has 136 valence electrons. The van der Waals surface area contributed by atoms with Crippen molar-refractivity contribution in [3.05, 3.63) is 39.4 Å². The van der Waals surface area contributed by atoms with Gasteiger partial charge in [-0.1, -0.05) is 12.1 Å². The summed E-state index contributed by atoms with van der Waals surface area (Å²) in [7, 11) is 0. The van der Waals surface area contributed by atoms with Crippen molar-refractivity contribution in [1.82, 2.24) is 4.90 Å². The number of nitrogens with zero attached hydrogens (tertiary/aromatic N) is 2. The van der Waals surface area contributed by atoms with E-state index in [0.29, 0.717) is 5.56 Å². The minimum Gasteiger partial charge on any atom is -0.481 e. The van der Waals surface area contributed by atoms with E-state index in [0.717, 1.165) is 4.90 Å². The zero-order valence-corrected chi connectivity index (χ0v) is 13.1. The summed E-state index contributed by atoms with van der Waals surface area (Å²) in [5, 5.41) is 19.9. The van der Waals surface area contributed by atoms with E-state index in [1.165, 1.54) is 25.1 Å². The fourth-order valence-corrected chi connectivity index (χ4v) is 2.92. The van der Waals surface area contributed by atoms with Crippen LogP contribution in [0.4, 0.5) is 18.9 Å². The van der Waals surface area contributed by atoms with Gasteiger partial charge < -0.3 is 10.0 Å². The number of carbonyl (C=O) groups is 2. The summed E-state index contributed by atoms with van der Waals surface area (Å²) >= 11 is 0. The molecule has 0 saturated carbocycles. The maximum atomic E-state index is 13.0. The van der Waals surface area contributed by atoms with Gasteiger partial charge in [0.15, 0.2) is 0 Å². The maximum Gasteiger partial charge on any atom is 0.394 e. The van der Waals surface area contributed by atoms with E-state index >= 15 is 0 Å². The number of alkyl halides is 3. The van der Waals surface area contributed by atoms with E-state index in [-0.39, 0.29) is 17.7 Å². The molecule has 2 rings (SSSR count). The molecule has 0 aromatic heterocycles. The number of aliphatic carboxylic acids is 1. The lowest BCUT2D eigenvalue weighted by Gasteiger charge is -2.18. The molecule has 0 spiro atoms. The van der Waals surface area contributed by atoms with Crippen LogP contribution in [0.1, 0.15) is 11.1 Å². The Morgan fingerprint density at radius 2 is 2.00 bits per heavy atom. The number of nitro groups is 1. The van der Waals surface area contributed by atoms with E-state index < -0.39 is 47.9 Å². The summed E-state index contributed by atoms with van der Waals surface area (Å²) in [5.41, 5.74) is 0.382. The number of carboxylic acids is 1. The molecule has 25 heavy (non-hydrogen) atoms. The van der Waals surface area contributed by atoms with E-state index in [2.05, 4.69) is 0 Å². The molecule has 1 aromatic carbocycles. The third-order valence-corrected chi connectivity index (χ3v) is 4.37. The second-order valence-electron chi connectivity index (χ2n) is 5.89. The SMILES string of the molecule is Cc1c(CC(=O)N2C[C@@H](C(F)(F)F)[C@H](C(=O)O)C2)cccc1[N+](=O)[O-]. The number of rotatable bonds is 4. The van der Waals surface area contributed by atoms with Gasteiger partial charge in [-0.25, -0.2) is 0 Å². The smallest absolute Gasteiger partial charge is 0.394 e. The second kappa shape index (κ2) is 6.69. The molecule has 0 unspecified atom stereocenters. The molecule has 10 heteroatoms. The summed E-state index contributed by atoms with van der Waals surface area (Å²) in [6, 6.07) is 4.13. The summed E-state index contributed by atoms with van der Waals surface area (Å²) in [4.78, 5) is 34.5. The van der Waals surface area contributed by atoms with Crippen molar-refractivity contribution < 1.29 is 32.8 Å². The first-order valence-electron chi connectivity index (χ1n) is 7.32. The Bertz CT molecular complexity index is 720. The van der Waals surface area contributed by atoms with Gasteiger partial charge >= 0.3 is 12.1 Å². The normalized spacial score (nSPS) is 20.6. The number of amides is 1. The largest absolute Gasteiger partial charge is 0.481 e. The van der Waals surface area contributed by atoms with Crippen LogP contribution in [-0.2, 0) is 16.0 Å². The molecule has 0 aliphatic carbocycles. The number of likely N-dealkylation sites (tertiary alicyclic amines) is 1. The lowest BCUT2D eigenvalue weighted by molar-refractivity contribution is -0.385. The highest BCUT2D eigenvalue weighted by Crippen LogP contribution is 2.38.